The van der Waals surface area contributed by atoms with Crippen LogP contribution in [0.4, 0.5) is 0 Å². The van der Waals surface area contributed by atoms with Crippen molar-refractivity contribution >= 4 is 5.97 Å². The first-order chi connectivity index (χ1) is 8.56. The molecular weight excluding hydrogens is 228 g/mol. The molecule has 100 valence electrons. The van der Waals surface area contributed by atoms with E-state index in [1.807, 2.05) is 0 Å². The summed E-state index contributed by atoms with van der Waals surface area (Å²) >= 11 is 0. The Morgan fingerprint density at radius 2 is 1.72 bits per heavy atom. The number of carbonyl (C=O) groups is 1. The number of ether oxygens (including phenoxy) is 1. The highest BCUT2D eigenvalue weighted by atomic mass is 16.5. The quantitative estimate of drug-likeness (QED) is 0.368. The van der Waals surface area contributed by atoms with Crippen molar-refractivity contribution in [3.8, 4) is 0 Å². The molecule has 0 aliphatic heterocycles. The number of hydrogen-bond acceptors (Lipinski definition) is 3. The summed E-state index contributed by atoms with van der Waals surface area (Å²) < 4.78 is 4.85. The Morgan fingerprint density at radius 3 is 2.17 bits per heavy atom. The van der Waals surface area contributed by atoms with Crippen molar-refractivity contribution in [3.05, 3.63) is 50.1 Å². The highest BCUT2D eigenvalue weighted by Crippen LogP contribution is 2.20. The average molecular weight is 250 g/mol. The number of aliphatic hydroxyl groups excluding tert-OH is 1. The van der Waals surface area contributed by atoms with Crippen molar-refractivity contribution in [2.24, 2.45) is 5.92 Å². The van der Waals surface area contributed by atoms with E-state index < -0.39 is 12.1 Å². The zero-order valence-electron chi connectivity index (χ0n) is 10.8. The zero-order chi connectivity index (χ0) is 14.0. The second-order valence-electron chi connectivity index (χ2n) is 4.07. The van der Waals surface area contributed by atoms with Gasteiger partial charge >= 0.3 is 5.97 Å². The number of rotatable bonds is 10. The number of allylic oxidation sites excluding steroid dienone is 2. The average Bonchev–Trinajstić information content (AvgIpc) is 2.35. The Labute approximate surface area is 109 Å². The standard InChI is InChI=1S/C15H22O3/c1-5-8-13(9-6-2)14(16)11-12(4)15(17)18-10-7-3/h5-7,13-14,16H,1-4,8-11H2. The molecule has 0 bridgehead atoms. The molecule has 3 heteroatoms. The van der Waals surface area contributed by atoms with E-state index in [1.165, 1.54) is 6.08 Å². The summed E-state index contributed by atoms with van der Waals surface area (Å²) in [6.07, 6.45) is 5.86. The third-order valence-corrected chi connectivity index (χ3v) is 2.56. The Morgan fingerprint density at radius 1 is 1.17 bits per heavy atom. The van der Waals surface area contributed by atoms with Gasteiger partial charge in [0.25, 0.3) is 0 Å². The number of hydrogen-bond donors (Lipinski definition) is 1. The Bertz CT molecular complexity index is 308. The van der Waals surface area contributed by atoms with Gasteiger partial charge in [0.2, 0.25) is 0 Å². The first-order valence-electron chi connectivity index (χ1n) is 5.92. The molecule has 0 heterocycles. The fourth-order valence-electron chi connectivity index (χ4n) is 1.58. The van der Waals surface area contributed by atoms with Crippen LogP contribution in [0, 0.1) is 5.92 Å². The van der Waals surface area contributed by atoms with Crippen LogP contribution < -0.4 is 0 Å². The Balaban J connectivity index is 4.32. The molecule has 0 rings (SSSR count). The highest BCUT2D eigenvalue weighted by molar-refractivity contribution is 5.87. The molecule has 1 atom stereocenters. The molecule has 0 saturated carbocycles. The van der Waals surface area contributed by atoms with Crippen LogP contribution in [0.2, 0.25) is 0 Å². The Kier molecular flexibility index (Phi) is 8.58. The summed E-state index contributed by atoms with van der Waals surface area (Å²) in [5, 5.41) is 10.0. The van der Waals surface area contributed by atoms with Gasteiger partial charge in [0, 0.05) is 12.0 Å². The van der Waals surface area contributed by atoms with Crippen LogP contribution >= 0.6 is 0 Å². The molecule has 0 saturated heterocycles. The third-order valence-electron chi connectivity index (χ3n) is 2.56. The summed E-state index contributed by atoms with van der Waals surface area (Å²) in [5.74, 6) is -0.492. The fourth-order valence-corrected chi connectivity index (χ4v) is 1.58. The first-order valence-corrected chi connectivity index (χ1v) is 5.92. The summed E-state index contributed by atoms with van der Waals surface area (Å²) in [5.41, 5.74) is 0.266. The first kappa shape index (κ1) is 16.4. The van der Waals surface area contributed by atoms with E-state index in [0.29, 0.717) is 12.8 Å². The van der Waals surface area contributed by atoms with E-state index in [4.69, 9.17) is 4.74 Å². The van der Waals surface area contributed by atoms with Gasteiger partial charge in [-0.15, -0.1) is 13.2 Å². The SMILES string of the molecule is C=CCOC(=O)C(=C)CC(O)C(CC=C)CC=C. The van der Waals surface area contributed by atoms with Gasteiger partial charge in [0.1, 0.15) is 6.61 Å². The molecule has 0 aliphatic carbocycles. The number of carbonyl (C=O) groups excluding carboxylic acids is 1. The van der Waals surface area contributed by atoms with Crippen LogP contribution in [-0.4, -0.2) is 23.8 Å². The fraction of sp³-hybridized carbons (Fsp3) is 0.400. The van der Waals surface area contributed by atoms with Gasteiger partial charge < -0.3 is 9.84 Å². The van der Waals surface area contributed by atoms with Gasteiger partial charge in [-0.1, -0.05) is 31.4 Å². The lowest BCUT2D eigenvalue weighted by molar-refractivity contribution is -0.138. The molecule has 1 N–H and O–H groups in total. The van der Waals surface area contributed by atoms with Crippen LogP contribution in [0.5, 0.6) is 0 Å². The number of aliphatic hydroxyl groups is 1. The lowest BCUT2D eigenvalue weighted by atomic mass is 9.91. The van der Waals surface area contributed by atoms with E-state index >= 15 is 0 Å². The minimum atomic E-state index is -0.648. The lowest BCUT2D eigenvalue weighted by Gasteiger charge is -2.20. The van der Waals surface area contributed by atoms with Gasteiger partial charge in [0.15, 0.2) is 0 Å². The van der Waals surface area contributed by atoms with Gasteiger partial charge in [-0.2, -0.15) is 0 Å². The van der Waals surface area contributed by atoms with Gasteiger partial charge in [-0.05, 0) is 18.8 Å². The van der Waals surface area contributed by atoms with Crippen LogP contribution in [0.1, 0.15) is 19.3 Å². The molecule has 18 heavy (non-hydrogen) atoms. The van der Waals surface area contributed by atoms with Crippen LogP contribution in [0.15, 0.2) is 50.1 Å². The number of esters is 1. The minimum Gasteiger partial charge on any atom is -0.458 e. The van der Waals surface area contributed by atoms with Gasteiger partial charge in [0.05, 0.1) is 6.10 Å². The highest BCUT2D eigenvalue weighted by Gasteiger charge is 2.20. The molecule has 0 aromatic carbocycles. The Hall–Kier alpha value is -1.61. The molecule has 0 spiro atoms. The minimum absolute atomic E-state index is 0.00366. The van der Waals surface area contributed by atoms with E-state index in [2.05, 4.69) is 26.3 Å². The maximum atomic E-state index is 11.5. The second kappa shape index (κ2) is 9.42. The monoisotopic (exact) mass is 250 g/mol. The maximum absolute atomic E-state index is 11.5. The largest absolute Gasteiger partial charge is 0.458 e. The van der Waals surface area contributed by atoms with E-state index in [1.54, 1.807) is 12.2 Å². The molecule has 0 aromatic heterocycles. The topological polar surface area (TPSA) is 46.5 Å². The van der Waals surface area contributed by atoms with Crippen molar-refractivity contribution < 1.29 is 14.6 Å². The zero-order valence-corrected chi connectivity index (χ0v) is 10.8. The molecule has 0 aliphatic rings. The smallest absolute Gasteiger partial charge is 0.333 e. The van der Waals surface area contributed by atoms with Crippen molar-refractivity contribution in [2.45, 2.75) is 25.4 Å². The molecule has 0 radical (unpaired) electrons. The second-order valence-corrected chi connectivity index (χ2v) is 4.07. The molecule has 0 aromatic rings. The van der Waals surface area contributed by atoms with E-state index in [0.717, 1.165) is 0 Å². The molecular formula is C15H22O3. The van der Waals surface area contributed by atoms with Crippen molar-refractivity contribution in [2.75, 3.05) is 6.61 Å². The molecule has 0 fully saturated rings. The third kappa shape index (κ3) is 6.21. The summed E-state index contributed by atoms with van der Waals surface area (Å²) in [6.45, 7) is 14.5. The summed E-state index contributed by atoms with van der Waals surface area (Å²) in [6, 6.07) is 0. The predicted octanol–water partition coefficient (Wildman–Crippen LogP) is 2.79. The summed E-state index contributed by atoms with van der Waals surface area (Å²) in [4.78, 5) is 11.5. The maximum Gasteiger partial charge on any atom is 0.333 e. The van der Waals surface area contributed by atoms with Crippen molar-refractivity contribution in [1.82, 2.24) is 0 Å². The normalized spacial score (nSPS) is 11.7. The summed E-state index contributed by atoms with van der Waals surface area (Å²) in [7, 11) is 0. The van der Waals surface area contributed by atoms with Crippen LogP contribution in [0.3, 0.4) is 0 Å². The van der Waals surface area contributed by atoms with Crippen molar-refractivity contribution in [1.29, 1.82) is 0 Å². The lowest BCUT2D eigenvalue weighted by Crippen LogP contribution is -2.22. The van der Waals surface area contributed by atoms with E-state index in [9.17, 15) is 9.90 Å². The van der Waals surface area contributed by atoms with Gasteiger partial charge in [-0.25, -0.2) is 4.79 Å². The predicted molar refractivity (Wildman–Crippen MR) is 74.0 cm³/mol. The van der Waals surface area contributed by atoms with Gasteiger partial charge in [-0.3, -0.25) is 0 Å². The van der Waals surface area contributed by atoms with E-state index in [-0.39, 0.29) is 24.5 Å². The van der Waals surface area contributed by atoms with Crippen LogP contribution in [0.25, 0.3) is 0 Å². The molecule has 1 unspecified atom stereocenters. The van der Waals surface area contributed by atoms with Crippen molar-refractivity contribution in [3.63, 3.8) is 0 Å². The van der Waals surface area contributed by atoms with Crippen LogP contribution in [-0.2, 0) is 9.53 Å². The molecule has 0 amide bonds. The molecule has 3 nitrogen and oxygen atoms in total.